The third-order valence-corrected chi connectivity index (χ3v) is 5.18. The maximum Gasteiger partial charge on any atom is 0.433 e. The molecule has 0 fully saturated rings. The minimum Gasteiger partial charge on any atom is -0.508 e. The lowest BCUT2D eigenvalue weighted by Crippen LogP contribution is -2.15. The van der Waals surface area contributed by atoms with Crippen LogP contribution < -0.4 is 5.32 Å². The molecule has 6 nitrogen and oxygen atoms in total. The SMILES string of the molecule is O=C(Nc1cccc(O)c1)c1cnn2c(C(F)(F)F)cc(-c3cccc4ccccc34)nc12. The summed E-state index contributed by atoms with van der Waals surface area (Å²) >= 11 is 0. The summed E-state index contributed by atoms with van der Waals surface area (Å²) in [4.78, 5) is 17.3. The van der Waals surface area contributed by atoms with Gasteiger partial charge in [0.25, 0.3) is 5.91 Å². The molecule has 0 atom stereocenters. The highest BCUT2D eigenvalue weighted by atomic mass is 19.4. The number of anilines is 1. The largest absolute Gasteiger partial charge is 0.508 e. The summed E-state index contributed by atoms with van der Waals surface area (Å²) in [5, 5.41) is 17.5. The van der Waals surface area contributed by atoms with E-state index < -0.39 is 17.8 Å². The number of carbonyl (C=O) groups is 1. The number of nitrogens with zero attached hydrogens (tertiary/aromatic N) is 3. The molecule has 0 radical (unpaired) electrons. The van der Waals surface area contributed by atoms with Crippen LogP contribution in [0, 0.1) is 0 Å². The topological polar surface area (TPSA) is 79.5 Å². The van der Waals surface area contributed by atoms with Crippen LogP contribution in [-0.2, 0) is 6.18 Å². The zero-order valence-corrected chi connectivity index (χ0v) is 16.8. The Morgan fingerprint density at radius 3 is 2.52 bits per heavy atom. The standard InChI is InChI=1S/C24H15F3N4O2/c25-24(26,27)21-12-20(18-10-3-6-14-5-1-2-9-17(14)18)30-22-19(13-28-31(21)22)23(33)29-15-7-4-8-16(32)11-15/h1-13,32H,(H,29,33). The first-order valence-corrected chi connectivity index (χ1v) is 9.86. The fraction of sp³-hybridized carbons (Fsp3) is 0.0417. The molecule has 164 valence electrons. The summed E-state index contributed by atoms with van der Waals surface area (Å²) in [6, 6.07) is 19.3. The molecule has 3 aromatic carbocycles. The van der Waals surface area contributed by atoms with E-state index in [0.29, 0.717) is 10.1 Å². The normalized spacial score (nSPS) is 11.7. The van der Waals surface area contributed by atoms with E-state index in [2.05, 4.69) is 15.4 Å². The number of rotatable bonds is 3. The molecule has 0 bridgehead atoms. The number of phenols is 1. The van der Waals surface area contributed by atoms with Crippen LogP contribution in [0.1, 0.15) is 16.1 Å². The minimum atomic E-state index is -4.73. The second-order valence-corrected chi connectivity index (χ2v) is 7.35. The molecule has 0 saturated heterocycles. The molecule has 2 heterocycles. The van der Waals surface area contributed by atoms with Crippen LogP contribution in [0.25, 0.3) is 27.7 Å². The monoisotopic (exact) mass is 448 g/mol. The number of halogens is 3. The Kier molecular flexibility index (Phi) is 4.74. The molecule has 33 heavy (non-hydrogen) atoms. The highest BCUT2D eigenvalue weighted by Gasteiger charge is 2.36. The van der Waals surface area contributed by atoms with Gasteiger partial charge in [0.2, 0.25) is 0 Å². The number of fused-ring (bicyclic) bond motifs is 2. The van der Waals surface area contributed by atoms with Gasteiger partial charge in [0.15, 0.2) is 11.3 Å². The molecular formula is C24H15F3N4O2. The molecule has 1 amide bonds. The molecule has 0 aliphatic carbocycles. The van der Waals surface area contributed by atoms with Gasteiger partial charge in [0.1, 0.15) is 11.3 Å². The molecule has 0 unspecified atom stereocenters. The zero-order valence-electron chi connectivity index (χ0n) is 16.8. The van der Waals surface area contributed by atoms with Gasteiger partial charge in [-0.25, -0.2) is 9.50 Å². The first-order valence-electron chi connectivity index (χ1n) is 9.86. The van der Waals surface area contributed by atoms with E-state index in [1.807, 2.05) is 18.2 Å². The molecule has 0 aliphatic rings. The Bertz CT molecular complexity index is 1520. The number of hydrogen-bond acceptors (Lipinski definition) is 4. The van der Waals surface area contributed by atoms with Crippen LogP contribution in [0.3, 0.4) is 0 Å². The van der Waals surface area contributed by atoms with Gasteiger partial charge >= 0.3 is 6.18 Å². The van der Waals surface area contributed by atoms with Gasteiger partial charge in [-0.2, -0.15) is 18.3 Å². The van der Waals surface area contributed by atoms with Crippen LogP contribution in [0.15, 0.2) is 79.0 Å². The summed E-state index contributed by atoms with van der Waals surface area (Å²) in [6.45, 7) is 0. The number of carbonyl (C=O) groups excluding carboxylic acids is 1. The number of nitrogens with one attached hydrogen (secondary N) is 1. The van der Waals surface area contributed by atoms with Crippen molar-refractivity contribution in [2.45, 2.75) is 6.18 Å². The molecule has 0 aliphatic heterocycles. The minimum absolute atomic E-state index is 0.0663. The number of alkyl halides is 3. The smallest absolute Gasteiger partial charge is 0.433 e. The number of aromatic nitrogens is 3. The maximum absolute atomic E-state index is 13.9. The number of amides is 1. The molecule has 0 saturated carbocycles. The number of phenolic OH excluding ortho intramolecular Hbond substituents is 1. The summed E-state index contributed by atoms with van der Waals surface area (Å²) in [6.07, 6.45) is -3.69. The van der Waals surface area contributed by atoms with Crippen molar-refractivity contribution in [1.29, 1.82) is 0 Å². The third-order valence-electron chi connectivity index (χ3n) is 5.18. The summed E-state index contributed by atoms with van der Waals surface area (Å²) < 4.78 is 42.4. The fourth-order valence-electron chi connectivity index (χ4n) is 3.69. The van der Waals surface area contributed by atoms with Crippen molar-refractivity contribution in [2.75, 3.05) is 5.32 Å². The summed E-state index contributed by atoms with van der Waals surface area (Å²) in [7, 11) is 0. The van der Waals surface area contributed by atoms with Crippen LogP contribution in [0.2, 0.25) is 0 Å². The fourth-order valence-corrected chi connectivity index (χ4v) is 3.69. The van der Waals surface area contributed by atoms with E-state index in [-0.39, 0.29) is 28.3 Å². The van der Waals surface area contributed by atoms with E-state index in [0.717, 1.165) is 23.0 Å². The number of hydrogen-bond donors (Lipinski definition) is 2. The van der Waals surface area contributed by atoms with Gasteiger partial charge in [-0.05, 0) is 29.0 Å². The highest BCUT2D eigenvalue weighted by molar-refractivity contribution is 6.08. The van der Waals surface area contributed by atoms with Crippen molar-refractivity contribution in [3.63, 3.8) is 0 Å². The second-order valence-electron chi connectivity index (χ2n) is 7.35. The van der Waals surface area contributed by atoms with Crippen LogP contribution >= 0.6 is 0 Å². The van der Waals surface area contributed by atoms with Gasteiger partial charge in [-0.15, -0.1) is 0 Å². The maximum atomic E-state index is 13.9. The van der Waals surface area contributed by atoms with Crippen molar-refractivity contribution in [2.24, 2.45) is 0 Å². The lowest BCUT2D eigenvalue weighted by atomic mass is 10.0. The Balaban J connectivity index is 1.70. The molecule has 5 aromatic rings. The number of benzene rings is 3. The summed E-state index contributed by atoms with van der Waals surface area (Å²) in [5.74, 6) is -0.769. The van der Waals surface area contributed by atoms with Crippen LogP contribution in [0.5, 0.6) is 5.75 Å². The van der Waals surface area contributed by atoms with Gasteiger partial charge in [-0.1, -0.05) is 48.5 Å². The Labute approximate surface area is 184 Å². The molecule has 0 spiro atoms. The van der Waals surface area contributed by atoms with E-state index in [4.69, 9.17) is 0 Å². The van der Waals surface area contributed by atoms with Crippen molar-refractivity contribution in [3.05, 3.63) is 90.3 Å². The first kappa shape index (κ1) is 20.5. The van der Waals surface area contributed by atoms with Crippen molar-refractivity contribution >= 4 is 28.0 Å². The van der Waals surface area contributed by atoms with Crippen molar-refractivity contribution in [3.8, 4) is 17.0 Å². The van der Waals surface area contributed by atoms with Crippen molar-refractivity contribution < 1.29 is 23.1 Å². The lowest BCUT2D eigenvalue weighted by Gasteiger charge is -2.13. The molecule has 5 rings (SSSR count). The molecule has 9 heteroatoms. The molecule has 2 aromatic heterocycles. The Hall–Kier alpha value is -4.40. The van der Waals surface area contributed by atoms with Crippen LogP contribution in [-0.4, -0.2) is 25.6 Å². The molecular weight excluding hydrogens is 433 g/mol. The predicted molar refractivity (Wildman–Crippen MR) is 117 cm³/mol. The van der Waals surface area contributed by atoms with E-state index in [9.17, 15) is 23.1 Å². The van der Waals surface area contributed by atoms with Gasteiger partial charge < -0.3 is 10.4 Å². The van der Waals surface area contributed by atoms with Gasteiger partial charge in [0, 0.05) is 17.3 Å². The third kappa shape index (κ3) is 3.73. The Morgan fingerprint density at radius 2 is 1.73 bits per heavy atom. The van der Waals surface area contributed by atoms with Gasteiger partial charge in [-0.3, -0.25) is 4.79 Å². The lowest BCUT2D eigenvalue weighted by molar-refractivity contribution is -0.142. The van der Waals surface area contributed by atoms with E-state index >= 15 is 0 Å². The second kappa shape index (κ2) is 7.63. The Morgan fingerprint density at radius 1 is 0.970 bits per heavy atom. The number of aromatic hydroxyl groups is 1. The summed E-state index contributed by atoms with van der Waals surface area (Å²) in [5.41, 5.74) is -0.566. The van der Waals surface area contributed by atoms with E-state index in [1.54, 1.807) is 30.3 Å². The first-order chi connectivity index (χ1) is 15.8. The molecule has 2 N–H and O–H groups in total. The van der Waals surface area contributed by atoms with Crippen LogP contribution in [0.4, 0.5) is 18.9 Å². The predicted octanol–water partition coefficient (Wildman–Crippen LogP) is 5.53. The zero-order chi connectivity index (χ0) is 23.2. The highest BCUT2D eigenvalue weighted by Crippen LogP contribution is 2.35. The van der Waals surface area contributed by atoms with E-state index in [1.165, 1.54) is 18.2 Å². The van der Waals surface area contributed by atoms with Gasteiger partial charge in [0.05, 0.1) is 11.9 Å². The quantitative estimate of drug-likeness (QED) is 0.381. The van der Waals surface area contributed by atoms with Crippen molar-refractivity contribution in [1.82, 2.24) is 14.6 Å². The average Bonchev–Trinajstić information content (AvgIpc) is 3.21. The average molecular weight is 448 g/mol.